The van der Waals surface area contributed by atoms with Crippen LogP contribution in [0.4, 0.5) is 9.18 Å². The summed E-state index contributed by atoms with van der Waals surface area (Å²) in [5.41, 5.74) is 2.48. The average molecular weight is 493 g/mol. The Bertz CT molecular complexity index is 1130. The van der Waals surface area contributed by atoms with E-state index in [9.17, 15) is 14.0 Å². The summed E-state index contributed by atoms with van der Waals surface area (Å²) in [6, 6.07) is 10.4. The van der Waals surface area contributed by atoms with E-state index in [1.165, 1.54) is 12.1 Å². The van der Waals surface area contributed by atoms with E-state index in [4.69, 9.17) is 9.47 Å². The Balaban J connectivity index is 1.34. The summed E-state index contributed by atoms with van der Waals surface area (Å²) in [5.74, 6) is 0.629. The van der Waals surface area contributed by atoms with E-state index in [2.05, 4.69) is 16.4 Å². The van der Waals surface area contributed by atoms with Gasteiger partial charge in [0.15, 0.2) is 0 Å². The van der Waals surface area contributed by atoms with Gasteiger partial charge in [-0.15, -0.1) is 0 Å². The second-order valence-corrected chi connectivity index (χ2v) is 10.3. The van der Waals surface area contributed by atoms with Gasteiger partial charge in [-0.1, -0.05) is 24.3 Å². The van der Waals surface area contributed by atoms with E-state index in [-0.39, 0.29) is 47.8 Å². The molecule has 3 fully saturated rings. The van der Waals surface area contributed by atoms with Crippen molar-refractivity contribution in [3.63, 3.8) is 0 Å². The molecule has 2 heterocycles. The lowest BCUT2D eigenvalue weighted by atomic mass is 9.57. The summed E-state index contributed by atoms with van der Waals surface area (Å²) in [7, 11) is 0. The van der Waals surface area contributed by atoms with Gasteiger partial charge in [0.25, 0.3) is 0 Å². The summed E-state index contributed by atoms with van der Waals surface area (Å²) in [5, 5.41) is 3.00. The maximum atomic E-state index is 13.6. The smallest absolute Gasteiger partial charge is 0.407 e. The molecule has 0 bridgehead atoms. The maximum absolute atomic E-state index is 13.6. The molecule has 1 aromatic carbocycles. The molecule has 0 unspecified atom stereocenters. The summed E-state index contributed by atoms with van der Waals surface area (Å²) < 4.78 is 24.3. The lowest BCUT2D eigenvalue weighted by molar-refractivity contribution is -0.144. The predicted octanol–water partition coefficient (Wildman–Crippen LogP) is 5.63. The molecule has 2 aromatic rings. The molecule has 2 aliphatic carbocycles. The molecule has 1 aromatic heterocycles. The van der Waals surface area contributed by atoms with Crippen molar-refractivity contribution >= 4 is 18.1 Å². The summed E-state index contributed by atoms with van der Waals surface area (Å²) in [4.78, 5) is 29.2. The molecule has 3 aliphatic rings. The molecule has 0 spiro atoms. The Hall–Kier alpha value is -3.22. The van der Waals surface area contributed by atoms with Crippen molar-refractivity contribution in [2.75, 3.05) is 6.61 Å². The highest BCUT2D eigenvalue weighted by Gasteiger charge is 2.54. The molecule has 6 nitrogen and oxygen atoms in total. The summed E-state index contributed by atoms with van der Waals surface area (Å²) >= 11 is 0. The van der Waals surface area contributed by atoms with Crippen LogP contribution in [0.1, 0.15) is 45.2 Å². The van der Waals surface area contributed by atoms with Gasteiger partial charge in [0, 0.05) is 23.7 Å². The number of nitrogens with one attached hydrogen (secondary N) is 1. The first-order valence-electron chi connectivity index (χ1n) is 13.0. The highest BCUT2D eigenvalue weighted by molar-refractivity contribution is 5.75. The van der Waals surface area contributed by atoms with Crippen molar-refractivity contribution in [1.82, 2.24) is 10.3 Å². The molecule has 5 rings (SSSR count). The molecule has 190 valence electrons. The lowest BCUT2D eigenvalue weighted by Gasteiger charge is -2.47. The fraction of sp³-hybridized carbons (Fsp3) is 0.483. The van der Waals surface area contributed by atoms with Gasteiger partial charge < -0.3 is 14.8 Å². The fourth-order valence-corrected chi connectivity index (χ4v) is 6.64. The van der Waals surface area contributed by atoms with Crippen LogP contribution in [0.3, 0.4) is 0 Å². The number of esters is 1. The zero-order chi connectivity index (χ0) is 25.2. The van der Waals surface area contributed by atoms with Gasteiger partial charge in [0.2, 0.25) is 0 Å². The van der Waals surface area contributed by atoms with E-state index in [0.29, 0.717) is 18.4 Å². The number of cyclic esters (lactones) is 1. The van der Waals surface area contributed by atoms with Crippen LogP contribution in [0, 0.1) is 35.4 Å². The third kappa shape index (κ3) is 5.01. The van der Waals surface area contributed by atoms with Gasteiger partial charge in [-0.25, -0.2) is 9.18 Å². The first-order chi connectivity index (χ1) is 17.4. The minimum absolute atomic E-state index is 0.0679. The van der Waals surface area contributed by atoms with Crippen molar-refractivity contribution < 1.29 is 23.5 Å². The Morgan fingerprint density at radius 2 is 2.08 bits per heavy atom. The Labute approximate surface area is 211 Å². The molecule has 36 heavy (non-hydrogen) atoms. The Morgan fingerprint density at radius 3 is 2.83 bits per heavy atom. The number of rotatable bonds is 5. The van der Waals surface area contributed by atoms with Crippen LogP contribution < -0.4 is 5.32 Å². The molecule has 1 aliphatic heterocycles. The van der Waals surface area contributed by atoms with Crippen molar-refractivity contribution in [3.8, 4) is 11.1 Å². The molecular formula is C29H33FN2O4. The van der Waals surface area contributed by atoms with Gasteiger partial charge in [-0.2, -0.15) is 0 Å². The van der Waals surface area contributed by atoms with Gasteiger partial charge in [-0.3, -0.25) is 9.78 Å². The van der Waals surface area contributed by atoms with Gasteiger partial charge in [0.05, 0.1) is 18.2 Å². The zero-order valence-corrected chi connectivity index (χ0v) is 20.7. The molecule has 7 heteroatoms. The van der Waals surface area contributed by atoms with Crippen molar-refractivity contribution in [1.29, 1.82) is 0 Å². The average Bonchev–Trinajstić information content (AvgIpc) is 3.15. The number of aromatic nitrogens is 1. The second kappa shape index (κ2) is 10.4. The number of hydrogen-bond acceptors (Lipinski definition) is 5. The predicted molar refractivity (Wildman–Crippen MR) is 134 cm³/mol. The monoisotopic (exact) mass is 492 g/mol. The van der Waals surface area contributed by atoms with Crippen LogP contribution in [0.15, 0.2) is 48.7 Å². The van der Waals surface area contributed by atoms with Crippen LogP contribution >= 0.6 is 0 Å². The number of halogens is 1. The SMILES string of the molecule is CCOC(=O)N[C@H]1CC[C@H]2[C@H](C1)C[C@@H]1C(=O)O[C@H](C)[C@H]1[C@@H]2C=Cc1ccc(-c2cccc(F)c2)cn1. The highest BCUT2D eigenvalue weighted by atomic mass is 19.1. The van der Waals surface area contributed by atoms with Crippen molar-refractivity contribution in [3.05, 3.63) is 60.2 Å². The van der Waals surface area contributed by atoms with Gasteiger partial charge >= 0.3 is 12.1 Å². The standard InChI is InChI=1S/C29H33FN2O4/c1-3-35-29(34)32-23-10-11-24-20(14-23)15-26-27(17(2)36-28(26)33)25(24)12-9-22-8-7-19(16-31-22)18-5-4-6-21(30)13-18/h4-9,12-13,16-17,20,23-27H,3,10-11,14-15H2,1-2H3,(H,32,34)/t17-,20-,23+,24+,25-,26+,27+/m1/s1. The molecule has 1 N–H and O–H groups in total. The lowest BCUT2D eigenvalue weighted by Crippen LogP contribution is -2.48. The van der Waals surface area contributed by atoms with Crippen molar-refractivity contribution in [2.24, 2.45) is 29.6 Å². The number of carbonyl (C=O) groups excluding carboxylic acids is 2. The molecule has 7 atom stereocenters. The summed E-state index contributed by atoms with van der Waals surface area (Å²) in [6.45, 7) is 4.15. The van der Waals surface area contributed by atoms with E-state index in [1.807, 2.05) is 31.2 Å². The second-order valence-electron chi connectivity index (χ2n) is 10.3. The van der Waals surface area contributed by atoms with E-state index >= 15 is 0 Å². The first kappa shape index (κ1) is 24.5. The van der Waals surface area contributed by atoms with Gasteiger partial charge in [-0.05, 0) is 87.1 Å². The van der Waals surface area contributed by atoms with Gasteiger partial charge in [0.1, 0.15) is 11.9 Å². The minimum Gasteiger partial charge on any atom is -0.462 e. The number of allylic oxidation sites excluding steroid dienone is 1. The number of benzene rings is 1. The summed E-state index contributed by atoms with van der Waals surface area (Å²) in [6.07, 6.45) is 9.07. The first-order valence-corrected chi connectivity index (χ1v) is 13.0. The van der Waals surface area contributed by atoms with Crippen LogP contribution in [0.5, 0.6) is 0 Å². The van der Waals surface area contributed by atoms with E-state index in [0.717, 1.165) is 42.5 Å². The van der Waals surface area contributed by atoms with Crippen LogP contribution in [0.2, 0.25) is 0 Å². The van der Waals surface area contributed by atoms with Crippen LogP contribution in [0.25, 0.3) is 17.2 Å². The number of hydrogen-bond donors (Lipinski definition) is 1. The number of carbonyl (C=O) groups is 2. The number of alkyl carbamates (subject to hydrolysis) is 1. The quantitative estimate of drug-likeness (QED) is 0.548. The Kier molecular flexibility index (Phi) is 7.08. The van der Waals surface area contributed by atoms with Crippen LogP contribution in [-0.2, 0) is 14.3 Å². The number of fused-ring (bicyclic) bond motifs is 2. The van der Waals surface area contributed by atoms with E-state index < -0.39 is 0 Å². The van der Waals surface area contributed by atoms with Crippen molar-refractivity contribution in [2.45, 2.75) is 51.7 Å². The van der Waals surface area contributed by atoms with Crippen LogP contribution in [-0.4, -0.2) is 35.8 Å². The zero-order valence-electron chi connectivity index (χ0n) is 20.7. The Morgan fingerprint density at radius 1 is 1.22 bits per heavy atom. The topological polar surface area (TPSA) is 77.5 Å². The third-order valence-electron chi connectivity index (χ3n) is 8.18. The molecule has 1 amide bonds. The maximum Gasteiger partial charge on any atom is 0.407 e. The highest BCUT2D eigenvalue weighted by Crippen LogP contribution is 2.53. The normalized spacial score (nSPS) is 31.4. The van der Waals surface area contributed by atoms with E-state index in [1.54, 1.807) is 19.2 Å². The molecule has 0 radical (unpaired) electrons. The molecule has 1 saturated heterocycles. The fourth-order valence-electron chi connectivity index (χ4n) is 6.64. The number of nitrogens with zero attached hydrogens (tertiary/aromatic N) is 1. The minimum atomic E-state index is -0.368. The third-order valence-corrected chi connectivity index (χ3v) is 8.18. The number of amides is 1. The largest absolute Gasteiger partial charge is 0.462 e. The number of ether oxygens (including phenoxy) is 2. The molecular weight excluding hydrogens is 459 g/mol. The molecule has 2 saturated carbocycles. The number of pyridine rings is 1.